The zero-order valence-electron chi connectivity index (χ0n) is 14.5. The van der Waals surface area contributed by atoms with E-state index in [9.17, 15) is 9.59 Å². The van der Waals surface area contributed by atoms with E-state index in [-0.39, 0.29) is 12.8 Å². The first-order valence-corrected chi connectivity index (χ1v) is 8.25. The van der Waals surface area contributed by atoms with Gasteiger partial charge in [-0.2, -0.15) is 0 Å². The summed E-state index contributed by atoms with van der Waals surface area (Å²) in [6.45, 7) is 0.654. The van der Waals surface area contributed by atoms with Crippen LogP contribution in [0.2, 0.25) is 0 Å². The molecule has 0 spiro atoms. The lowest BCUT2D eigenvalue weighted by molar-refractivity contribution is -0.138. The standard InChI is InChI=1S/C12H13N3O2.C5H7N3O2/c16-12(17)7-6-11-9-15(14-13-11)8-10-4-2-1-3-5-10;9-5(10)2-1-4-3-6-8-7-4/h1-5,9H,6-8H2,(H,16,17);3H,1-2H2,(H,9,10)(H,6,7,8). The summed E-state index contributed by atoms with van der Waals surface area (Å²) in [6.07, 6.45) is 4.42. The Bertz CT molecular complexity index is 832. The molecule has 1 aromatic carbocycles. The minimum Gasteiger partial charge on any atom is -0.481 e. The van der Waals surface area contributed by atoms with Crippen molar-refractivity contribution in [2.45, 2.75) is 32.2 Å². The van der Waals surface area contributed by atoms with E-state index in [1.165, 1.54) is 0 Å². The van der Waals surface area contributed by atoms with Gasteiger partial charge in [-0.25, -0.2) is 4.68 Å². The molecule has 27 heavy (non-hydrogen) atoms. The second kappa shape index (κ2) is 10.4. The summed E-state index contributed by atoms with van der Waals surface area (Å²) in [5, 5.41) is 34.3. The molecule has 3 aromatic rings. The highest BCUT2D eigenvalue weighted by Crippen LogP contribution is 2.03. The fourth-order valence-corrected chi connectivity index (χ4v) is 2.12. The summed E-state index contributed by atoms with van der Waals surface area (Å²) < 4.78 is 1.71. The average Bonchev–Trinajstić information content (AvgIpc) is 3.31. The van der Waals surface area contributed by atoms with Crippen LogP contribution in [0.1, 0.15) is 29.8 Å². The molecule has 0 aliphatic carbocycles. The van der Waals surface area contributed by atoms with Gasteiger partial charge in [0.05, 0.1) is 30.8 Å². The molecule has 10 nitrogen and oxygen atoms in total. The molecule has 0 aliphatic rings. The van der Waals surface area contributed by atoms with Crippen molar-refractivity contribution in [3.8, 4) is 0 Å². The van der Waals surface area contributed by atoms with Crippen molar-refractivity contribution in [2.24, 2.45) is 0 Å². The Balaban J connectivity index is 0.000000223. The number of carboxylic acids is 2. The van der Waals surface area contributed by atoms with Crippen LogP contribution in [0.25, 0.3) is 0 Å². The van der Waals surface area contributed by atoms with E-state index in [1.807, 2.05) is 30.3 Å². The first-order chi connectivity index (χ1) is 13.0. The summed E-state index contributed by atoms with van der Waals surface area (Å²) in [7, 11) is 0. The Morgan fingerprint density at radius 1 is 0.963 bits per heavy atom. The highest BCUT2D eigenvalue weighted by molar-refractivity contribution is 5.67. The van der Waals surface area contributed by atoms with Crippen LogP contribution in [0.4, 0.5) is 0 Å². The van der Waals surface area contributed by atoms with Crippen LogP contribution in [0.5, 0.6) is 0 Å². The van der Waals surface area contributed by atoms with Gasteiger partial charge in [-0.3, -0.25) is 14.7 Å². The van der Waals surface area contributed by atoms with E-state index >= 15 is 0 Å². The number of carboxylic acid groups (broad SMARTS) is 2. The number of aliphatic carboxylic acids is 2. The maximum absolute atomic E-state index is 10.4. The molecule has 0 amide bonds. The van der Waals surface area contributed by atoms with E-state index in [2.05, 4.69) is 25.7 Å². The van der Waals surface area contributed by atoms with Gasteiger partial charge in [0, 0.05) is 25.2 Å². The van der Waals surface area contributed by atoms with Crippen LogP contribution < -0.4 is 0 Å². The second-order valence-electron chi connectivity index (χ2n) is 5.65. The van der Waals surface area contributed by atoms with Gasteiger partial charge < -0.3 is 10.2 Å². The quantitative estimate of drug-likeness (QED) is 0.534. The molecule has 3 rings (SSSR count). The topological polar surface area (TPSA) is 147 Å². The number of rotatable bonds is 8. The molecular formula is C17H20N6O4. The van der Waals surface area contributed by atoms with Crippen LogP contribution in [0.3, 0.4) is 0 Å². The Morgan fingerprint density at radius 3 is 2.22 bits per heavy atom. The molecule has 10 heteroatoms. The summed E-state index contributed by atoms with van der Waals surface area (Å²) in [5.41, 5.74) is 2.54. The molecule has 142 valence electrons. The van der Waals surface area contributed by atoms with Crippen LogP contribution >= 0.6 is 0 Å². The van der Waals surface area contributed by atoms with Gasteiger partial charge in [-0.15, -0.1) is 10.2 Å². The lowest BCUT2D eigenvalue weighted by Crippen LogP contribution is -2.00. The monoisotopic (exact) mass is 372 g/mol. The van der Waals surface area contributed by atoms with Crippen LogP contribution in [0, 0.1) is 0 Å². The van der Waals surface area contributed by atoms with Gasteiger partial charge >= 0.3 is 11.9 Å². The Labute approximate surface area is 154 Å². The third-order valence-electron chi connectivity index (χ3n) is 3.43. The van der Waals surface area contributed by atoms with Gasteiger partial charge in [0.25, 0.3) is 0 Å². The maximum atomic E-state index is 10.4. The highest BCUT2D eigenvalue weighted by atomic mass is 16.4. The molecule has 2 heterocycles. The Morgan fingerprint density at radius 2 is 1.63 bits per heavy atom. The number of nitrogens with one attached hydrogen (secondary N) is 1. The molecular weight excluding hydrogens is 352 g/mol. The number of hydrogen-bond acceptors (Lipinski definition) is 6. The molecule has 0 saturated heterocycles. The number of aromatic nitrogens is 6. The molecule has 0 bridgehead atoms. The van der Waals surface area contributed by atoms with Crippen LogP contribution in [0.15, 0.2) is 42.7 Å². The Hall–Kier alpha value is -3.56. The van der Waals surface area contributed by atoms with E-state index in [4.69, 9.17) is 10.2 Å². The van der Waals surface area contributed by atoms with Crippen molar-refractivity contribution >= 4 is 11.9 Å². The molecule has 0 atom stereocenters. The van der Waals surface area contributed by atoms with Gasteiger partial charge in [0.15, 0.2) is 0 Å². The third-order valence-corrected chi connectivity index (χ3v) is 3.43. The molecule has 0 aliphatic heterocycles. The normalized spacial score (nSPS) is 10.1. The first-order valence-electron chi connectivity index (χ1n) is 8.25. The molecule has 3 N–H and O–H groups in total. The zero-order valence-corrected chi connectivity index (χ0v) is 14.5. The van der Waals surface area contributed by atoms with Crippen molar-refractivity contribution in [2.75, 3.05) is 0 Å². The number of H-pyrrole nitrogens is 1. The predicted molar refractivity (Wildman–Crippen MR) is 93.9 cm³/mol. The Kier molecular flexibility index (Phi) is 7.64. The van der Waals surface area contributed by atoms with E-state index in [1.54, 1.807) is 17.1 Å². The molecule has 0 saturated carbocycles. The van der Waals surface area contributed by atoms with Crippen molar-refractivity contribution in [3.05, 3.63) is 59.7 Å². The minimum atomic E-state index is -0.817. The predicted octanol–water partition coefficient (Wildman–Crippen LogP) is 1.17. The minimum absolute atomic E-state index is 0.0873. The number of hydrogen-bond donors (Lipinski definition) is 3. The number of aryl methyl sites for hydroxylation is 2. The highest BCUT2D eigenvalue weighted by Gasteiger charge is 2.04. The van der Waals surface area contributed by atoms with Crippen LogP contribution in [-0.2, 0) is 29.0 Å². The summed E-state index contributed by atoms with van der Waals surface area (Å²) in [5.74, 6) is -1.63. The lowest BCUT2D eigenvalue weighted by atomic mass is 10.2. The molecule has 0 radical (unpaired) electrons. The fraction of sp³-hybridized carbons (Fsp3) is 0.294. The number of benzene rings is 1. The largest absolute Gasteiger partial charge is 0.481 e. The van der Waals surface area contributed by atoms with E-state index in [0.29, 0.717) is 30.8 Å². The van der Waals surface area contributed by atoms with Gasteiger partial charge in [0.1, 0.15) is 0 Å². The number of nitrogens with zero attached hydrogens (tertiary/aromatic N) is 5. The van der Waals surface area contributed by atoms with Crippen molar-refractivity contribution < 1.29 is 19.8 Å². The maximum Gasteiger partial charge on any atom is 0.303 e. The molecule has 2 aromatic heterocycles. The van der Waals surface area contributed by atoms with E-state index < -0.39 is 11.9 Å². The second-order valence-corrected chi connectivity index (χ2v) is 5.65. The lowest BCUT2D eigenvalue weighted by Gasteiger charge is -1.99. The van der Waals surface area contributed by atoms with E-state index in [0.717, 1.165) is 5.56 Å². The molecule has 0 fully saturated rings. The van der Waals surface area contributed by atoms with Crippen molar-refractivity contribution in [1.29, 1.82) is 0 Å². The van der Waals surface area contributed by atoms with Gasteiger partial charge in [-0.05, 0) is 5.56 Å². The molecule has 0 unspecified atom stereocenters. The zero-order chi connectivity index (χ0) is 19.5. The van der Waals surface area contributed by atoms with Crippen LogP contribution in [-0.4, -0.2) is 52.6 Å². The third kappa shape index (κ3) is 7.90. The number of aromatic amines is 1. The number of carbonyl (C=O) groups is 2. The van der Waals surface area contributed by atoms with Gasteiger partial charge in [-0.1, -0.05) is 40.8 Å². The summed E-state index contributed by atoms with van der Waals surface area (Å²) >= 11 is 0. The SMILES string of the molecule is O=C(O)CCc1c[nH]nn1.O=C(O)CCc1cn(Cc2ccccc2)nn1. The average molecular weight is 372 g/mol. The fourth-order valence-electron chi connectivity index (χ4n) is 2.12. The summed E-state index contributed by atoms with van der Waals surface area (Å²) in [4.78, 5) is 20.5. The van der Waals surface area contributed by atoms with Crippen molar-refractivity contribution in [3.63, 3.8) is 0 Å². The summed E-state index contributed by atoms with van der Waals surface area (Å²) in [6, 6.07) is 9.93. The van der Waals surface area contributed by atoms with Gasteiger partial charge in [0.2, 0.25) is 0 Å². The first kappa shape index (κ1) is 19.8. The smallest absolute Gasteiger partial charge is 0.303 e. The van der Waals surface area contributed by atoms with Crippen molar-refractivity contribution in [1.82, 2.24) is 30.4 Å².